The molecule has 2 aromatic rings. The van der Waals surface area contributed by atoms with Crippen molar-refractivity contribution in [3.63, 3.8) is 0 Å². The molecule has 2 nitrogen and oxygen atoms in total. The van der Waals surface area contributed by atoms with Gasteiger partial charge in [-0.05, 0) is 36.1 Å². The molecule has 0 aliphatic rings. The molecule has 0 amide bonds. The van der Waals surface area contributed by atoms with Gasteiger partial charge in [-0.25, -0.2) is 0 Å². The summed E-state index contributed by atoms with van der Waals surface area (Å²) in [5, 5.41) is 1.23. The summed E-state index contributed by atoms with van der Waals surface area (Å²) in [6.07, 6.45) is 1.04. The Morgan fingerprint density at radius 1 is 1.25 bits per heavy atom. The zero-order valence-electron chi connectivity index (χ0n) is 10.4. The van der Waals surface area contributed by atoms with Crippen LogP contribution < -0.4 is 4.74 Å². The summed E-state index contributed by atoms with van der Waals surface area (Å²) < 4.78 is 5.44. The average molecular weight is 217 g/mol. The lowest BCUT2D eigenvalue weighted by molar-refractivity contribution is 0.408. The van der Waals surface area contributed by atoms with E-state index in [9.17, 15) is 0 Å². The molecule has 0 unspecified atom stereocenters. The van der Waals surface area contributed by atoms with E-state index in [-0.39, 0.29) is 0 Å². The molecule has 1 aromatic heterocycles. The second kappa shape index (κ2) is 4.20. The SMILES string of the molecule is CCc1cc2cc(OC)c(C(C)C)cc2[nH]1. The number of benzene rings is 1. The number of aromatic nitrogens is 1. The van der Waals surface area contributed by atoms with Crippen molar-refractivity contribution in [1.29, 1.82) is 0 Å². The van der Waals surface area contributed by atoms with E-state index >= 15 is 0 Å². The second-order valence-electron chi connectivity index (χ2n) is 4.48. The molecule has 1 heterocycles. The lowest BCUT2D eigenvalue weighted by Crippen LogP contribution is -1.93. The van der Waals surface area contributed by atoms with Crippen LogP contribution in [0.25, 0.3) is 10.9 Å². The highest BCUT2D eigenvalue weighted by molar-refractivity contribution is 5.83. The molecular weight excluding hydrogens is 198 g/mol. The monoisotopic (exact) mass is 217 g/mol. The average Bonchev–Trinajstić information content (AvgIpc) is 2.68. The zero-order valence-corrected chi connectivity index (χ0v) is 10.4. The largest absolute Gasteiger partial charge is 0.496 e. The van der Waals surface area contributed by atoms with Gasteiger partial charge in [-0.2, -0.15) is 0 Å². The van der Waals surface area contributed by atoms with Crippen LogP contribution in [0.1, 0.15) is 37.9 Å². The minimum Gasteiger partial charge on any atom is -0.496 e. The van der Waals surface area contributed by atoms with Crippen LogP contribution in [0.2, 0.25) is 0 Å². The third kappa shape index (κ3) is 1.80. The molecule has 0 radical (unpaired) electrons. The van der Waals surface area contributed by atoms with E-state index in [0.29, 0.717) is 5.92 Å². The van der Waals surface area contributed by atoms with E-state index in [2.05, 4.69) is 44.0 Å². The maximum atomic E-state index is 5.44. The van der Waals surface area contributed by atoms with Crippen molar-refractivity contribution >= 4 is 10.9 Å². The lowest BCUT2D eigenvalue weighted by Gasteiger charge is -2.11. The number of rotatable bonds is 3. The fourth-order valence-corrected chi connectivity index (χ4v) is 2.06. The van der Waals surface area contributed by atoms with E-state index in [1.54, 1.807) is 7.11 Å². The van der Waals surface area contributed by atoms with Gasteiger partial charge in [-0.15, -0.1) is 0 Å². The van der Waals surface area contributed by atoms with Gasteiger partial charge in [0.05, 0.1) is 7.11 Å². The second-order valence-corrected chi connectivity index (χ2v) is 4.48. The Morgan fingerprint density at radius 2 is 2.00 bits per heavy atom. The Balaban J connectivity index is 2.63. The lowest BCUT2D eigenvalue weighted by atomic mass is 10.0. The molecule has 0 saturated heterocycles. The van der Waals surface area contributed by atoms with Gasteiger partial charge >= 0.3 is 0 Å². The van der Waals surface area contributed by atoms with Gasteiger partial charge in [0.2, 0.25) is 0 Å². The first kappa shape index (κ1) is 11.1. The highest BCUT2D eigenvalue weighted by atomic mass is 16.5. The highest BCUT2D eigenvalue weighted by Crippen LogP contribution is 2.31. The standard InChI is InChI=1S/C14H19NO/c1-5-11-6-10-7-14(16-4)12(9(2)3)8-13(10)15-11/h6-9,15H,5H2,1-4H3. The molecule has 0 aliphatic carbocycles. The Bertz CT molecular complexity index is 497. The van der Waals surface area contributed by atoms with Crippen LogP contribution in [-0.4, -0.2) is 12.1 Å². The van der Waals surface area contributed by atoms with Crippen LogP contribution in [-0.2, 0) is 6.42 Å². The van der Waals surface area contributed by atoms with E-state index in [0.717, 1.165) is 12.2 Å². The first-order valence-electron chi connectivity index (χ1n) is 5.85. The van der Waals surface area contributed by atoms with Crippen molar-refractivity contribution in [2.45, 2.75) is 33.1 Å². The van der Waals surface area contributed by atoms with Crippen molar-refractivity contribution in [3.05, 3.63) is 29.5 Å². The Morgan fingerprint density at radius 3 is 2.56 bits per heavy atom. The summed E-state index contributed by atoms with van der Waals surface area (Å²) in [6.45, 7) is 6.53. The van der Waals surface area contributed by atoms with E-state index in [1.165, 1.54) is 22.2 Å². The third-order valence-corrected chi connectivity index (χ3v) is 3.03. The number of fused-ring (bicyclic) bond motifs is 1. The molecule has 2 heteroatoms. The van der Waals surface area contributed by atoms with Gasteiger partial charge < -0.3 is 9.72 Å². The smallest absolute Gasteiger partial charge is 0.123 e. The van der Waals surface area contributed by atoms with Crippen LogP contribution in [0.4, 0.5) is 0 Å². The number of methoxy groups -OCH3 is 1. The molecule has 0 atom stereocenters. The molecule has 0 spiro atoms. The van der Waals surface area contributed by atoms with Crippen LogP contribution in [0.3, 0.4) is 0 Å². The zero-order chi connectivity index (χ0) is 11.7. The van der Waals surface area contributed by atoms with Crippen molar-refractivity contribution < 1.29 is 4.74 Å². The van der Waals surface area contributed by atoms with Gasteiger partial charge in [-0.1, -0.05) is 20.8 Å². The summed E-state index contributed by atoms with van der Waals surface area (Å²) >= 11 is 0. The maximum Gasteiger partial charge on any atom is 0.123 e. The molecule has 0 bridgehead atoms. The normalized spacial score (nSPS) is 11.3. The summed E-state index contributed by atoms with van der Waals surface area (Å²) in [6, 6.07) is 6.53. The van der Waals surface area contributed by atoms with Crippen LogP contribution >= 0.6 is 0 Å². The Labute approximate surface area is 96.6 Å². The first-order chi connectivity index (χ1) is 7.65. The number of aryl methyl sites for hydroxylation is 1. The quantitative estimate of drug-likeness (QED) is 0.829. The van der Waals surface area contributed by atoms with Crippen LogP contribution in [0.15, 0.2) is 18.2 Å². The predicted molar refractivity (Wildman–Crippen MR) is 68.3 cm³/mol. The van der Waals surface area contributed by atoms with Gasteiger partial charge in [0, 0.05) is 16.6 Å². The molecule has 0 fully saturated rings. The number of aromatic amines is 1. The molecule has 1 N–H and O–H groups in total. The predicted octanol–water partition coefficient (Wildman–Crippen LogP) is 3.86. The van der Waals surface area contributed by atoms with Crippen molar-refractivity contribution in [1.82, 2.24) is 4.98 Å². The number of ether oxygens (including phenoxy) is 1. The molecule has 0 saturated carbocycles. The fraction of sp³-hybridized carbons (Fsp3) is 0.429. The topological polar surface area (TPSA) is 25.0 Å². The van der Waals surface area contributed by atoms with Crippen molar-refractivity contribution in [2.24, 2.45) is 0 Å². The summed E-state index contributed by atoms with van der Waals surface area (Å²) in [7, 11) is 1.74. The molecular formula is C14H19NO. The Hall–Kier alpha value is -1.44. The van der Waals surface area contributed by atoms with Crippen LogP contribution in [0.5, 0.6) is 5.75 Å². The number of hydrogen-bond donors (Lipinski definition) is 1. The van der Waals surface area contributed by atoms with Gasteiger partial charge in [0.1, 0.15) is 5.75 Å². The maximum absolute atomic E-state index is 5.44. The minimum atomic E-state index is 0.479. The van der Waals surface area contributed by atoms with E-state index in [4.69, 9.17) is 4.74 Å². The number of hydrogen-bond acceptors (Lipinski definition) is 1. The van der Waals surface area contributed by atoms with E-state index in [1.807, 2.05) is 0 Å². The number of nitrogens with one attached hydrogen (secondary N) is 1. The minimum absolute atomic E-state index is 0.479. The van der Waals surface area contributed by atoms with Crippen molar-refractivity contribution in [2.75, 3.05) is 7.11 Å². The molecule has 2 rings (SSSR count). The summed E-state index contributed by atoms with van der Waals surface area (Å²) in [4.78, 5) is 3.44. The molecule has 16 heavy (non-hydrogen) atoms. The summed E-state index contributed by atoms with van der Waals surface area (Å²) in [5.41, 5.74) is 3.75. The molecule has 0 aliphatic heterocycles. The Kier molecular flexibility index (Phi) is 2.90. The van der Waals surface area contributed by atoms with Gasteiger partial charge in [-0.3, -0.25) is 0 Å². The van der Waals surface area contributed by atoms with Crippen molar-refractivity contribution in [3.8, 4) is 5.75 Å². The fourth-order valence-electron chi connectivity index (χ4n) is 2.06. The first-order valence-corrected chi connectivity index (χ1v) is 5.85. The molecule has 86 valence electrons. The molecule has 1 aromatic carbocycles. The summed E-state index contributed by atoms with van der Waals surface area (Å²) in [5.74, 6) is 1.47. The van der Waals surface area contributed by atoms with Gasteiger partial charge in [0.15, 0.2) is 0 Å². The van der Waals surface area contributed by atoms with Crippen LogP contribution in [0, 0.1) is 0 Å². The van der Waals surface area contributed by atoms with E-state index < -0.39 is 0 Å². The highest BCUT2D eigenvalue weighted by Gasteiger charge is 2.10. The third-order valence-electron chi connectivity index (χ3n) is 3.03. The van der Waals surface area contributed by atoms with Gasteiger partial charge in [0.25, 0.3) is 0 Å². The number of H-pyrrole nitrogens is 1.